The number of hydrogen-bond donors (Lipinski definition) is 2. The third kappa shape index (κ3) is 7.26. The van der Waals surface area contributed by atoms with Crippen molar-refractivity contribution in [3.63, 3.8) is 0 Å². The van der Waals surface area contributed by atoms with Crippen LogP contribution in [0, 0.1) is 0 Å². The van der Waals surface area contributed by atoms with E-state index >= 15 is 0 Å². The Morgan fingerprint density at radius 2 is 1.97 bits per heavy atom. The predicted molar refractivity (Wildman–Crippen MR) is 117 cm³/mol. The number of amides is 1. The van der Waals surface area contributed by atoms with Crippen molar-refractivity contribution < 1.29 is 9.53 Å². The summed E-state index contributed by atoms with van der Waals surface area (Å²) >= 11 is 0. The molecule has 160 valence electrons. The summed E-state index contributed by atoms with van der Waals surface area (Å²) in [5.74, 6) is 2.13. The highest BCUT2D eigenvalue weighted by Crippen LogP contribution is 2.24. The van der Waals surface area contributed by atoms with Crippen molar-refractivity contribution in [3.8, 4) is 5.75 Å². The molecule has 2 N–H and O–H groups in total. The summed E-state index contributed by atoms with van der Waals surface area (Å²) in [6.45, 7) is 6.20. The molecule has 0 atom stereocenters. The first-order valence-electron chi connectivity index (χ1n) is 11.3. The van der Waals surface area contributed by atoms with E-state index in [4.69, 9.17) is 4.74 Å². The zero-order valence-corrected chi connectivity index (χ0v) is 17.8. The number of benzene rings is 1. The molecule has 0 radical (unpaired) electrons. The maximum Gasteiger partial charge on any atom is 0.222 e. The summed E-state index contributed by atoms with van der Waals surface area (Å²) in [7, 11) is 0. The van der Waals surface area contributed by atoms with Crippen molar-refractivity contribution >= 4 is 11.9 Å². The van der Waals surface area contributed by atoms with Gasteiger partial charge in [-0.25, -0.2) is 0 Å². The van der Waals surface area contributed by atoms with Crippen LogP contribution < -0.4 is 15.4 Å². The summed E-state index contributed by atoms with van der Waals surface area (Å²) in [5, 5.41) is 6.70. The summed E-state index contributed by atoms with van der Waals surface area (Å²) in [6, 6.07) is 8.49. The Bertz CT molecular complexity index is 653. The van der Waals surface area contributed by atoms with Gasteiger partial charge in [-0.15, -0.1) is 0 Å². The number of rotatable bonds is 10. The number of hydrogen-bond acceptors (Lipinski definition) is 3. The Morgan fingerprint density at radius 1 is 1.17 bits per heavy atom. The molecule has 1 aliphatic heterocycles. The molecule has 2 fully saturated rings. The first kappa shape index (κ1) is 21.5. The lowest BCUT2D eigenvalue weighted by atomic mass is 10.1. The van der Waals surface area contributed by atoms with Crippen LogP contribution in [0.25, 0.3) is 0 Å². The minimum Gasteiger partial charge on any atom is -0.490 e. The maximum atomic E-state index is 11.6. The largest absolute Gasteiger partial charge is 0.490 e. The van der Waals surface area contributed by atoms with Gasteiger partial charge in [0.1, 0.15) is 5.75 Å². The number of carbonyl (C=O) groups is 1. The number of ether oxygens (including phenoxy) is 1. The van der Waals surface area contributed by atoms with Crippen LogP contribution in [0.4, 0.5) is 0 Å². The Hall–Kier alpha value is -2.24. The summed E-state index contributed by atoms with van der Waals surface area (Å²) in [5.41, 5.74) is 1.29. The third-order valence-electron chi connectivity index (χ3n) is 5.61. The molecule has 1 aromatic carbocycles. The SMILES string of the molecule is CCNC(=NCCCN1CCCC1=O)NCCc1ccc(OC2CCCC2)cc1. The summed E-state index contributed by atoms with van der Waals surface area (Å²) in [6.07, 6.45) is 8.92. The second-order valence-corrected chi connectivity index (χ2v) is 7.94. The van der Waals surface area contributed by atoms with Crippen LogP contribution >= 0.6 is 0 Å². The van der Waals surface area contributed by atoms with E-state index < -0.39 is 0 Å². The van der Waals surface area contributed by atoms with E-state index in [1.54, 1.807) is 0 Å². The molecule has 6 nitrogen and oxygen atoms in total. The Balaban J connectivity index is 1.36. The lowest BCUT2D eigenvalue weighted by Gasteiger charge is -2.15. The van der Waals surface area contributed by atoms with Crippen molar-refractivity contribution in [2.45, 2.75) is 64.4 Å². The van der Waals surface area contributed by atoms with Gasteiger partial charge < -0.3 is 20.3 Å². The number of carbonyl (C=O) groups excluding carboxylic acids is 1. The molecule has 1 heterocycles. The van der Waals surface area contributed by atoms with Gasteiger partial charge in [0.15, 0.2) is 5.96 Å². The quantitative estimate of drug-likeness (QED) is 0.360. The van der Waals surface area contributed by atoms with Crippen LogP contribution in [0.2, 0.25) is 0 Å². The molecular weight excluding hydrogens is 364 g/mol. The van der Waals surface area contributed by atoms with Crippen LogP contribution in [0.3, 0.4) is 0 Å². The van der Waals surface area contributed by atoms with E-state index in [0.717, 1.165) is 63.7 Å². The molecule has 3 rings (SSSR count). The van der Waals surface area contributed by atoms with Crippen molar-refractivity contribution in [1.82, 2.24) is 15.5 Å². The fourth-order valence-electron chi connectivity index (χ4n) is 3.99. The standard InChI is InChI=1S/C23H36N4O2/c1-2-24-23(25-15-6-18-27-17-5-9-22(27)28)26-16-14-19-10-12-21(13-11-19)29-20-7-3-4-8-20/h10-13,20H,2-9,14-18H2,1H3,(H2,24,25,26). The molecule has 29 heavy (non-hydrogen) atoms. The molecule has 1 saturated carbocycles. The van der Waals surface area contributed by atoms with Gasteiger partial charge in [0.05, 0.1) is 6.10 Å². The minimum atomic E-state index is 0.290. The topological polar surface area (TPSA) is 66.0 Å². The van der Waals surface area contributed by atoms with Gasteiger partial charge in [-0.1, -0.05) is 12.1 Å². The third-order valence-corrected chi connectivity index (χ3v) is 5.61. The highest BCUT2D eigenvalue weighted by molar-refractivity contribution is 5.79. The summed E-state index contributed by atoms with van der Waals surface area (Å²) in [4.78, 5) is 18.2. The molecule has 1 aliphatic carbocycles. The molecule has 0 unspecified atom stereocenters. The Labute approximate surface area is 175 Å². The van der Waals surface area contributed by atoms with Gasteiger partial charge in [0, 0.05) is 39.1 Å². The average Bonchev–Trinajstić information content (AvgIpc) is 3.38. The van der Waals surface area contributed by atoms with Gasteiger partial charge in [-0.3, -0.25) is 9.79 Å². The highest BCUT2D eigenvalue weighted by atomic mass is 16.5. The molecule has 6 heteroatoms. The second-order valence-electron chi connectivity index (χ2n) is 7.94. The van der Waals surface area contributed by atoms with E-state index in [0.29, 0.717) is 18.4 Å². The molecule has 0 bridgehead atoms. The number of nitrogens with zero attached hydrogens (tertiary/aromatic N) is 2. The van der Waals surface area contributed by atoms with Gasteiger partial charge in [0.25, 0.3) is 0 Å². The molecule has 0 spiro atoms. The van der Waals surface area contributed by atoms with Gasteiger partial charge >= 0.3 is 0 Å². The fraction of sp³-hybridized carbons (Fsp3) is 0.652. The van der Waals surface area contributed by atoms with Crippen molar-refractivity contribution in [1.29, 1.82) is 0 Å². The summed E-state index contributed by atoms with van der Waals surface area (Å²) < 4.78 is 6.03. The molecule has 0 aromatic heterocycles. The van der Waals surface area contributed by atoms with Crippen molar-refractivity contribution in [2.75, 3.05) is 32.7 Å². The molecular formula is C23H36N4O2. The predicted octanol–water partition coefficient (Wildman–Crippen LogP) is 3.12. The fourth-order valence-corrected chi connectivity index (χ4v) is 3.99. The van der Waals surface area contributed by atoms with E-state index in [-0.39, 0.29) is 0 Å². The monoisotopic (exact) mass is 400 g/mol. The number of likely N-dealkylation sites (tertiary alicyclic amines) is 1. The maximum absolute atomic E-state index is 11.6. The zero-order valence-electron chi connectivity index (χ0n) is 17.8. The molecule has 1 aromatic rings. The van der Waals surface area contributed by atoms with E-state index in [2.05, 4.69) is 46.8 Å². The normalized spacial score (nSPS) is 17.8. The van der Waals surface area contributed by atoms with E-state index in [1.165, 1.54) is 31.2 Å². The average molecular weight is 401 g/mol. The Kier molecular flexibility index (Phi) is 8.65. The first-order chi connectivity index (χ1) is 14.2. The van der Waals surface area contributed by atoms with E-state index in [1.807, 2.05) is 4.90 Å². The van der Waals surface area contributed by atoms with Crippen molar-refractivity contribution in [2.24, 2.45) is 4.99 Å². The second kappa shape index (κ2) is 11.7. The molecule has 2 aliphatic rings. The van der Waals surface area contributed by atoms with Gasteiger partial charge in [-0.2, -0.15) is 0 Å². The minimum absolute atomic E-state index is 0.290. The number of aliphatic imine (C=N–C) groups is 1. The highest BCUT2D eigenvalue weighted by Gasteiger charge is 2.19. The van der Waals surface area contributed by atoms with Crippen LogP contribution in [-0.4, -0.2) is 55.6 Å². The Morgan fingerprint density at radius 3 is 2.66 bits per heavy atom. The van der Waals surface area contributed by atoms with E-state index in [9.17, 15) is 4.79 Å². The van der Waals surface area contributed by atoms with Crippen LogP contribution in [0.1, 0.15) is 57.4 Å². The molecule has 1 saturated heterocycles. The smallest absolute Gasteiger partial charge is 0.222 e. The van der Waals surface area contributed by atoms with Crippen LogP contribution in [0.15, 0.2) is 29.3 Å². The molecule has 1 amide bonds. The zero-order chi connectivity index (χ0) is 20.3. The van der Waals surface area contributed by atoms with Gasteiger partial charge in [-0.05, 0) is 69.6 Å². The van der Waals surface area contributed by atoms with Crippen LogP contribution in [0.5, 0.6) is 5.75 Å². The van der Waals surface area contributed by atoms with Crippen molar-refractivity contribution in [3.05, 3.63) is 29.8 Å². The lowest BCUT2D eigenvalue weighted by molar-refractivity contribution is -0.127. The number of nitrogens with one attached hydrogen (secondary N) is 2. The first-order valence-corrected chi connectivity index (χ1v) is 11.3. The number of guanidine groups is 1. The van der Waals surface area contributed by atoms with Crippen LogP contribution in [-0.2, 0) is 11.2 Å². The lowest BCUT2D eigenvalue weighted by Crippen LogP contribution is -2.38. The van der Waals surface area contributed by atoms with Gasteiger partial charge in [0.2, 0.25) is 5.91 Å².